The van der Waals surface area contributed by atoms with E-state index in [0.29, 0.717) is 25.0 Å². The Morgan fingerprint density at radius 1 is 1.21 bits per heavy atom. The van der Waals surface area contributed by atoms with E-state index in [0.717, 1.165) is 25.3 Å². The first-order valence-electron chi connectivity index (χ1n) is 8.03. The molecular formula is C15H27N3O. The number of likely N-dealkylation sites (tertiary alicyclic amines) is 1. The Morgan fingerprint density at radius 3 is 2.74 bits per heavy atom. The predicted octanol–water partition coefficient (Wildman–Crippen LogP) is 1.25. The van der Waals surface area contributed by atoms with Crippen LogP contribution in [-0.2, 0) is 4.79 Å². The van der Waals surface area contributed by atoms with Gasteiger partial charge in [-0.25, -0.2) is 0 Å². The summed E-state index contributed by atoms with van der Waals surface area (Å²) >= 11 is 0. The van der Waals surface area contributed by atoms with Crippen LogP contribution in [0.25, 0.3) is 0 Å². The molecule has 4 heteroatoms. The number of fused-ring (bicyclic) bond motifs is 1. The summed E-state index contributed by atoms with van der Waals surface area (Å²) in [5.74, 6) is 1.08. The first-order chi connectivity index (χ1) is 9.28. The minimum absolute atomic E-state index is 0.206. The topological polar surface area (TPSA) is 58.4 Å². The molecule has 2 saturated carbocycles. The molecule has 0 bridgehead atoms. The van der Waals surface area contributed by atoms with Gasteiger partial charge in [0.1, 0.15) is 0 Å². The van der Waals surface area contributed by atoms with Crippen LogP contribution in [0.1, 0.15) is 51.4 Å². The van der Waals surface area contributed by atoms with E-state index in [1.54, 1.807) is 0 Å². The second-order valence-corrected chi connectivity index (χ2v) is 6.57. The molecule has 1 aliphatic heterocycles. The lowest BCUT2D eigenvalue weighted by atomic mass is 9.85. The van der Waals surface area contributed by atoms with E-state index in [4.69, 9.17) is 5.73 Å². The number of rotatable bonds is 5. The lowest BCUT2D eigenvalue weighted by Gasteiger charge is -2.36. The van der Waals surface area contributed by atoms with Crippen LogP contribution in [0.2, 0.25) is 0 Å². The van der Waals surface area contributed by atoms with Gasteiger partial charge in [-0.3, -0.25) is 9.69 Å². The highest BCUT2D eigenvalue weighted by Gasteiger charge is 2.39. The summed E-state index contributed by atoms with van der Waals surface area (Å²) in [6.07, 6.45) is 9.66. The van der Waals surface area contributed by atoms with Crippen molar-refractivity contribution in [2.24, 2.45) is 11.7 Å². The van der Waals surface area contributed by atoms with Gasteiger partial charge >= 0.3 is 0 Å². The molecule has 108 valence electrons. The lowest BCUT2D eigenvalue weighted by Crippen LogP contribution is -2.48. The first-order valence-corrected chi connectivity index (χ1v) is 8.03. The number of nitrogens with two attached hydrogens (primary N) is 1. The van der Waals surface area contributed by atoms with E-state index in [-0.39, 0.29) is 11.9 Å². The van der Waals surface area contributed by atoms with Crippen molar-refractivity contribution >= 4 is 5.91 Å². The van der Waals surface area contributed by atoms with Gasteiger partial charge in [0, 0.05) is 31.1 Å². The van der Waals surface area contributed by atoms with Crippen LogP contribution in [-0.4, -0.2) is 42.0 Å². The maximum Gasteiger partial charge on any atom is 0.221 e. The van der Waals surface area contributed by atoms with Crippen LogP contribution in [0.5, 0.6) is 0 Å². The largest absolute Gasteiger partial charge is 0.353 e. The maximum absolute atomic E-state index is 12.0. The fourth-order valence-electron chi connectivity index (χ4n) is 3.96. The van der Waals surface area contributed by atoms with Gasteiger partial charge in [0.25, 0.3) is 0 Å². The molecule has 0 radical (unpaired) electrons. The summed E-state index contributed by atoms with van der Waals surface area (Å²) in [5.41, 5.74) is 5.95. The number of nitrogens with zero attached hydrogens (tertiary/aromatic N) is 1. The molecule has 1 saturated heterocycles. The standard InChI is InChI=1S/C15H27N3O/c16-10-13(9-15(19)17-12-5-6-12)18-8-7-11-3-1-2-4-14(11)18/h11-14H,1-10,16H2,(H,17,19). The fourth-order valence-corrected chi connectivity index (χ4v) is 3.96. The molecule has 3 aliphatic rings. The lowest BCUT2D eigenvalue weighted by molar-refractivity contribution is -0.122. The molecular weight excluding hydrogens is 238 g/mol. The smallest absolute Gasteiger partial charge is 0.221 e. The van der Waals surface area contributed by atoms with Gasteiger partial charge in [-0.1, -0.05) is 12.8 Å². The van der Waals surface area contributed by atoms with Crippen molar-refractivity contribution in [2.45, 2.75) is 69.5 Å². The van der Waals surface area contributed by atoms with Crippen LogP contribution in [0.15, 0.2) is 0 Å². The zero-order valence-corrected chi connectivity index (χ0v) is 11.8. The normalized spacial score (nSPS) is 32.9. The average molecular weight is 265 g/mol. The minimum atomic E-state index is 0.206. The molecule has 0 aromatic rings. The van der Waals surface area contributed by atoms with Crippen molar-refractivity contribution in [3.8, 4) is 0 Å². The van der Waals surface area contributed by atoms with Crippen LogP contribution >= 0.6 is 0 Å². The van der Waals surface area contributed by atoms with E-state index >= 15 is 0 Å². The van der Waals surface area contributed by atoms with Gasteiger partial charge < -0.3 is 11.1 Å². The zero-order valence-electron chi connectivity index (χ0n) is 11.8. The average Bonchev–Trinajstić information content (AvgIpc) is 3.13. The third kappa shape index (κ3) is 3.11. The molecule has 3 fully saturated rings. The third-order valence-corrected chi connectivity index (χ3v) is 5.16. The predicted molar refractivity (Wildman–Crippen MR) is 75.7 cm³/mol. The fraction of sp³-hybridized carbons (Fsp3) is 0.933. The molecule has 3 unspecified atom stereocenters. The van der Waals surface area contributed by atoms with Crippen molar-refractivity contribution in [2.75, 3.05) is 13.1 Å². The Labute approximate surface area is 116 Å². The number of hydrogen-bond donors (Lipinski definition) is 2. The third-order valence-electron chi connectivity index (χ3n) is 5.16. The Kier molecular flexibility index (Phi) is 4.08. The van der Waals surface area contributed by atoms with Gasteiger partial charge in [0.2, 0.25) is 5.91 Å². The molecule has 4 nitrogen and oxygen atoms in total. The maximum atomic E-state index is 12.0. The van der Waals surface area contributed by atoms with Crippen LogP contribution in [0.4, 0.5) is 0 Å². The molecule has 3 rings (SSSR count). The quantitative estimate of drug-likeness (QED) is 0.786. The molecule has 3 N–H and O–H groups in total. The SMILES string of the molecule is NCC(CC(=O)NC1CC1)N1CCC2CCCCC21. The van der Waals surface area contributed by atoms with Crippen LogP contribution in [0.3, 0.4) is 0 Å². The molecule has 19 heavy (non-hydrogen) atoms. The Morgan fingerprint density at radius 2 is 2.00 bits per heavy atom. The molecule has 1 heterocycles. The number of hydrogen-bond acceptors (Lipinski definition) is 3. The highest BCUT2D eigenvalue weighted by molar-refractivity contribution is 5.77. The Bertz CT molecular complexity index is 329. The van der Waals surface area contributed by atoms with Gasteiger partial charge in [-0.05, 0) is 44.6 Å². The Hall–Kier alpha value is -0.610. The number of carbonyl (C=O) groups excluding carboxylic acids is 1. The van der Waals surface area contributed by atoms with Gasteiger partial charge in [0.15, 0.2) is 0 Å². The molecule has 2 aliphatic carbocycles. The Balaban J connectivity index is 1.56. The van der Waals surface area contributed by atoms with E-state index < -0.39 is 0 Å². The summed E-state index contributed by atoms with van der Waals surface area (Å²) in [6.45, 7) is 1.76. The van der Waals surface area contributed by atoms with E-state index in [1.165, 1.54) is 32.1 Å². The van der Waals surface area contributed by atoms with E-state index in [2.05, 4.69) is 10.2 Å². The van der Waals surface area contributed by atoms with E-state index in [1.807, 2.05) is 0 Å². The highest BCUT2D eigenvalue weighted by atomic mass is 16.1. The number of nitrogens with one attached hydrogen (secondary N) is 1. The summed E-state index contributed by atoms with van der Waals surface area (Å²) < 4.78 is 0. The minimum Gasteiger partial charge on any atom is -0.353 e. The molecule has 0 aromatic carbocycles. The van der Waals surface area contributed by atoms with E-state index in [9.17, 15) is 4.79 Å². The zero-order chi connectivity index (χ0) is 13.2. The van der Waals surface area contributed by atoms with Crippen LogP contribution in [0, 0.1) is 5.92 Å². The molecule has 0 aromatic heterocycles. The summed E-state index contributed by atoms with van der Waals surface area (Å²) in [6, 6.07) is 1.43. The second-order valence-electron chi connectivity index (χ2n) is 6.57. The number of amides is 1. The molecule has 3 atom stereocenters. The summed E-state index contributed by atoms with van der Waals surface area (Å²) in [7, 11) is 0. The first kappa shape index (κ1) is 13.4. The van der Waals surface area contributed by atoms with Gasteiger partial charge in [0.05, 0.1) is 0 Å². The van der Waals surface area contributed by atoms with Crippen molar-refractivity contribution in [1.29, 1.82) is 0 Å². The van der Waals surface area contributed by atoms with Crippen molar-refractivity contribution in [1.82, 2.24) is 10.2 Å². The second kappa shape index (κ2) is 5.80. The van der Waals surface area contributed by atoms with Gasteiger partial charge in [-0.2, -0.15) is 0 Å². The monoisotopic (exact) mass is 265 g/mol. The summed E-state index contributed by atoms with van der Waals surface area (Å²) in [5, 5.41) is 3.09. The van der Waals surface area contributed by atoms with Crippen LogP contribution < -0.4 is 11.1 Å². The molecule has 0 spiro atoms. The van der Waals surface area contributed by atoms with Crippen molar-refractivity contribution < 1.29 is 4.79 Å². The van der Waals surface area contributed by atoms with Crippen molar-refractivity contribution in [3.63, 3.8) is 0 Å². The number of carbonyl (C=O) groups is 1. The highest BCUT2D eigenvalue weighted by Crippen LogP contribution is 2.37. The van der Waals surface area contributed by atoms with Gasteiger partial charge in [-0.15, -0.1) is 0 Å². The summed E-state index contributed by atoms with van der Waals surface area (Å²) in [4.78, 5) is 14.5. The molecule has 1 amide bonds. The van der Waals surface area contributed by atoms with Crippen molar-refractivity contribution in [3.05, 3.63) is 0 Å².